The Morgan fingerprint density at radius 1 is 1.25 bits per heavy atom. The summed E-state index contributed by atoms with van der Waals surface area (Å²) in [6, 6.07) is 13.9. The molecule has 2 aromatic carbocycles. The molecule has 1 aliphatic rings. The number of amides is 2. The first-order chi connectivity index (χ1) is 13.5. The van der Waals surface area contributed by atoms with Crippen LogP contribution in [0.4, 0.5) is 5.69 Å². The molecule has 142 valence electrons. The number of rotatable bonds is 5. The van der Waals surface area contributed by atoms with Crippen molar-refractivity contribution >= 4 is 28.8 Å². The Labute approximate surface area is 167 Å². The van der Waals surface area contributed by atoms with Gasteiger partial charge in [-0.25, -0.2) is 4.98 Å². The number of benzene rings is 2. The first-order valence-corrected chi connectivity index (χ1v) is 10.1. The molecule has 3 aromatic rings. The number of aromatic nitrogens is 1. The number of fused-ring (bicyclic) bond motifs is 1. The zero-order valence-electron chi connectivity index (χ0n) is 15.8. The molecule has 0 bridgehead atoms. The number of anilines is 1. The van der Waals surface area contributed by atoms with Crippen LogP contribution in [0.1, 0.15) is 35.3 Å². The van der Waals surface area contributed by atoms with Gasteiger partial charge in [0.25, 0.3) is 0 Å². The predicted octanol–water partition coefficient (Wildman–Crippen LogP) is 4.03. The summed E-state index contributed by atoms with van der Waals surface area (Å²) in [4.78, 5) is 28.6. The summed E-state index contributed by atoms with van der Waals surface area (Å²) in [6.45, 7) is 4.00. The van der Waals surface area contributed by atoms with Crippen LogP contribution in [0, 0.1) is 6.92 Å². The average molecular weight is 391 g/mol. The highest BCUT2D eigenvalue weighted by Gasteiger charge is 2.19. The molecule has 2 heterocycles. The fourth-order valence-corrected chi connectivity index (χ4v) is 4.10. The van der Waals surface area contributed by atoms with Crippen LogP contribution in [-0.4, -0.2) is 16.8 Å². The van der Waals surface area contributed by atoms with Gasteiger partial charge in [-0.1, -0.05) is 42.0 Å². The lowest BCUT2D eigenvalue weighted by Gasteiger charge is -2.15. The van der Waals surface area contributed by atoms with E-state index in [1.165, 1.54) is 5.56 Å². The van der Waals surface area contributed by atoms with E-state index in [0.29, 0.717) is 6.42 Å². The summed E-state index contributed by atoms with van der Waals surface area (Å²) < 4.78 is 0. The van der Waals surface area contributed by atoms with Crippen molar-refractivity contribution in [3.8, 4) is 10.6 Å². The van der Waals surface area contributed by atoms with Crippen molar-refractivity contribution in [2.45, 2.75) is 32.7 Å². The van der Waals surface area contributed by atoms with E-state index in [2.05, 4.69) is 34.7 Å². The molecule has 0 spiro atoms. The summed E-state index contributed by atoms with van der Waals surface area (Å²) in [5.41, 5.74) is 5.87. The smallest absolute Gasteiger partial charge is 0.228 e. The van der Waals surface area contributed by atoms with Crippen LogP contribution < -0.4 is 10.6 Å². The first kappa shape index (κ1) is 18.4. The number of thiazole rings is 1. The summed E-state index contributed by atoms with van der Waals surface area (Å²) >= 11 is 1.55. The molecule has 5 nitrogen and oxygen atoms in total. The molecule has 4 rings (SSSR count). The van der Waals surface area contributed by atoms with Crippen LogP contribution in [0.3, 0.4) is 0 Å². The molecule has 2 N–H and O–H groups in total. The highest BCUT2D eigenvalue weighted by Crippen LogP contribution is 2.27. The van der Waals surface area contributed by atoms with Crippen LogP contribution in [0.5, 0.6) is 0 Å². The maximum absolute atomic E-state index is 12.5. The topological polar surface area (TPSA) is 71.1 Å². The zero-order chi connectivity index (χ0) is 19.7. The fraction of sp³-hybridized carbons (Fsp3) is 0.227. The molecule has 2 amide bonds. The minimum absolute atomic E-state index is 0.0109. The Morgan fingerprint density at radius 3 is 2.82 bits per heavy atom. The molecule has 1 aliphatic heterocycles. The van der Waals surface area contributed by atoms with Crippen molar-refractivity contribution in [3.63, 3.8) is 0 Å². The van der Waals surface area contributed by atoms with E-state index in [1.54, 1.807) is 11.3 Å². The second-order valence-electron chi connectivity index (χ2n) is 7.12. The van der Waals surface area contributed by atoms with E-state index < -0.39 is 0 Å². The monoisotopic (exact) mass is 391 g/mol. The molecule has 1 aromatic heterocycles. The summed E-state index contributed by atoms with van der Waals surface area (Å²) in [5, 5.41) is 8.71. The van der Waals surface area contributed by atoms with Crippen molar-refractivity contribution in [1.82, 2.24) is 10.3 Å². The van der Waals surface area contributed by atoms with Crippen molar-refractivity contribution in [1.29, 1.82) is 0 Å². The predicted molar refractivity (Wildman–Crippen MR) is 111 cm³/mol. The summed E-state index contributed by atoms with van der Waals surface area (Å²) in [6.07, 6.45) is 0.641. The summed E-state index contributed by atoms with van der Waals surface area (Å²) in [7, 11) is 0. The molecule has 0 saturated heterocycles. The third kappa shape index (κ3) is 3.97. The fourth-order valence-electron chi connectivity index (χ4n) is 3.28. The maximum atomic E-state index is 12.5. The van der Waals surface area contributed by atoms with Gasteiger partial charge in [-0.3, -0.25) is 9.59 Å². The molecular formula is C22H21N3O2S. The van der Waals surface area contributed by atoms with Crippen molar-refractivity contribution in [3.05, 3.63) is 70.2 Å². The quantitative estimate of drug-likeness (QED) is 0.690. The van der Waals surface area contributed by atoms with E-state index in [9.17, 15) is 9.59 Å². The molecule has 0 aliphatic carbocycles. The van der Waals surface area contributed by atoms with Gasteiger partial charge in [-0.15, -0.1) is 11.3 Å². The highest BCUT2D eigenvalue weighted by molar-refractivity contribution is 7.13. The van der Waals surface area contributed by atoms with E-state index in [4.69, 9.17) is 0 Å². The van der Waals surface area contributed by atoms with Gasteiger partial charge in [0, 0.05) is 16.6 Å². The molecule has 0 fully saturated rings. The van der Waals surface area contributed by atoms with Crippen molar-refractivity contribution < 1.29 is 9.59 Å². The van der Waals surface area contributed by atoms with E-state index in [0.717, 1.165) is 33.1 Å². The lowest BCUT2D eigenvalue weighted by Crippen LogP contribution is -2.28. The lowest BCUT2D eigenvalue weighted by molar-refractivity contribution is -0.121. The Kier molecular flexibility index (Phi) is 4.96. The number of carbonyl (C=O) groups is 2. The number of hydrogen-bond donors (Lipinski definition) is 2. The average Bonchev–Trinajstić information content (AvgIpc) is 3.27. The first-order valence-electron chi connectivity index (χ1n) is 9.21. The molecule has 0 radical (unpaired) electrons. The van der Waals surface area contributed by atoms with Crippen LogP contribution in [0.15, 0.2) is 47.8 Å². The second-order valence-corrected chi connectivity index (χ2v) is 7.98. The number of aryl methyl sites for hydroxylation is 1. The molecule has 6 heteroatoms. The zero-order valence-corrected chi connectivity index (χ0v) is 16.6. The normalized spacial score (nSPS) is 13.7. The second kappa shape index (κ2) is 7.56. The SMILES string of the molecule is Cc1ccc(-c2nc(CC(=O)NC(C)c3ccc4c(c3)CC(=O)N4)cs2)cc1. The molecule has 1 unspecified atom stereocenters. The van der Waals surface area contributed by atoms with E-state index >= 15 is 0 Å². The highest BCUT2D eigenvalue weighted by atomic mass is 32.1. The van der Waals surface area contributed by atoms with Crippen LogP contribution in [0.25, 0.3) is 10.6 Å². The van der Waals surface area contributed by atoms with Gasteiger partial charge < -0.3 is 10.6 Å². The lowest BCUT2D eigenvalue weighted by atomic mass is 10.0. The molecule has 28 heavy (non-hydrogen) atoms. The van der Waals surface area contributed by atoms with Gasteiger partial charge in [0.1, 0.15) is 5.01 Å². The standard InChI is InChI=1S/C22H21N3O2S/c1-13-3-5-15(6-4-13)22-24-18(12-28-22)11-21(27)23-14(2)16-7-8-19-17(9-16)10-20(26)25-19/h3-9,12,14H,10-11H2,1-2H3,(H,23,27)(H,25,26). The Balaban J connectivity index is 1.39. The molecular weight excluding hydrogens is 370 g/mol. The number of carbonyl (C=O) groups excluding carboxylic acids is 2. The van der Waals surface area contributed by atoms with Crippen LogP contribution in [-0.2, 0) is 22.4 Å². The number of nitrogens with zero attached hydrogens (tertiary/aromatic N) is 1. The largest absolute Gasteiger partial charge is 0.349 e. The van der Waals surface area contributed by atoms with Crippen molar-refractivity contribution in [2.24, 2.45) is 0 Å². The number of nitrogens with one attached hydrogen (secondary N) is 2. The number of hydrogen-bond acceptors (Lipinski definition) is 4. The molecule has 0 saturated carbocycles. The van der Waals surface area contributed by atoms with Gasteiger partial charge in [0.15, 0.2) is 0 Å². The third-order valence-corrected chi connectivity index (χ3v) is 5.76. The van der Waals surface area contributed by atoms with Gasteiger partial charge in [-0.2, -0.15) is 0 Å². The minimum atomic E-state index is -0.135. The van der Waals surface area contributed by atoms with Gasteiger partial charge >= 0.3 is 0 Å². The van der Waals surface area contributed by atoms with Gasteiger partial charge in [-0.05, 0) is 31.0 Å². The van der Waals surface area contributed by atoms with Gasteiger partial charge in [0.2, 0.25) is 11.8 Å². The Morgan fingerprint density at radius 2 is 2.04 bits per heavy atom. The van der Waals surface area contributed by atoms with E-state index in [1.807, 2.05) is 42.6 Å². The van der Waals surface area contributed by atoms with Crippen LogP contribution >= 0.6 is 11.3 Å². The third-order valence-electron chi connectivity index (χ3n) is 4.82. The maximum Gasteiger partial charge on any atom is 0.228 e. The Hall–Kier alpha value is -2.99. The summed E-state index contributed by atoms with van der Waals surface area (Å²) in [5.74, 6) is -0.0558. The van der Waals surface area contributed by atoms with Gasteiger partial charge in [0.05, 0.1) is 24.6 Å². The van der Waals surface area contributed by atoms with E-state index in [-0.39, 0.29) is 24.3 Å². The van der Waals surface area contributed by atoms with Crippen molar-refractivity contribution in [2.75, 3.05) is 5.32 Å². The Bertz CT molecular complexity index is 1040. The minimum Gasteiger partial charge on any atom is -0.349 e. The van der Waals surface area contributed by atoms with Crippen LogP contribution in [0.2, 0.25) is 0 Å². The molecule has 1 atom stereocenters.